The molecule has 0 bridgehead atoms. The van der Waals surface area contributed by atoms with Gasteiger partial charge in [-0.05, 0) is 84.9 Å². The van der Waals surface area contributed by atoms with Crippen molar-refractivity contribution in [1.29, 1.82) is 0 Å². The lowest BCUT2D eigenvalue weighted by atomic mass is 10.1. The van der Waals surface area contributed by atoms with Crippen LogP contribution in [0.15, 0.2) is 84.9 Å². The summed E-state index contributed by atoms with van der Waals surface area (Å²) in [6, 6.07) is 21.6. The second kappa shape index (κ2) is 34.0. The average Bonchev–Trinajstić information content (AvgIpc) is 2.43. The summed E-state index contributed by atoms with van der Waals surface area (Å²) in [6.45, 7) is -4.84. The summed E-state index contributed by atoms with van der Waals surface area (Å²) in [7, 11) is -4.24. The molecule has 5 rings (SSSR count). The average molecular weight is 1240 g/mol. The molecule has 87 heavy (non-hydrogen) atoms. The number of hydrogen-bond acceptors (Lipinski definition) is 20. The van der Waals surface area contributed by atoms with Crippen LogP contribution in [0.25, 0.3) is 0 Å². The van der Waals surface area contributed by atoms with Crippen LogP contribution in [0.3, 0.4) is 0 Å². The lowest BCUT2D eigenvalue weighted by molar-refractivity contribution is -0.143. The molecule has 9 N–H and O–H groups in total. The van der Waals surface area contributed by atoms with Gasteiger partial charge in [-0.1, -0.05) is 35.8 Å². The molecule has 0 fully saturated rings. The Morgan fingerprint density at radius 3 is 1.22 bits per heavy atom. The van der Waals surface area contributed by atoms with E-state index in [4.69, 9.17) is 45.7 Å². The Kier molecular flexibility index (Phi) is 26.5. The number of aromatic nitrogens is 2. The number of ether oxygens (including phenoxy) is 4. The number of hydrogen-bond donors (Lipinski definition) is 9. The molecule has 0 saturated carbocycles. The van der Waals surface area contributed by atoms with E-state index in [0.717, 1.165) is 10.5 Å². The van der Waals surface area contributed by atoms with Crippen LogP contribution in [0, 0.1) is 23.7 Å². The summed E-state index contributed by atoms with van der Waals surface area (Å²) < 4.78 is 52.8. The highest BCUT2D eigenvalue weighted by molar-refractivity contribution is 7.85. The van der Waals surface area contributed by atoms with Crippen molar-refractivity contribution < 1.29 is 101 Å². The number of thiocarbonyl (C=S) groups is 1. The normalized spacial score (nSPS) is 10.9. The van der Waals surface area contributed by atoms with E-state index >= 15 is 0 Å². The van der Waals surface area contributed by atoms with Gasteiger partial charge in [0.25, 0.3) is 10.1 Å². The number of pyridine rings is 2. The second-order valence-corrected chi connectivity index (χ2v) is 20.6. The third-order valence-electron chi connectivity index (χ3n) is 11.3. The van der Waals surface area contributed by atoms with Crippen molar-refractivity contribution in [2.75, 3.05) is 76.8 Å². The quantitative estimate of drug-likeness (QED) is 0.0121. The van der Waals surface area contributed by atoms with E-state index < -0.39 is 91.2 Å². The van der Waals surface area contributed by atoms with Crippen molar-refractivity contribution in [3.8, 4) is 46.7 Å². The monoisotopic (exact) mass is 1240 g/mol. The second-order valence-electron chi connectivity index (χ2n) is 18.6. The summed E-state index contributed by atoms with van der Waals surface area (Å²) in [5.74, 6) is 3.51. The highest BCUT2D eigenvalue weighted by atomic mass is 32.2. The Morgan fingerprint density at radius 2 is 0.874 bits per heavy atom. The van der Waals surface area contributed by atoms with Gasteiger partial charge in [-0.25, -0.2) is 19.2 Å². The van der Waals surface area contributed by atoms with Crippen molar-refractivity contribution in [3.63, 3.8) is 0 Å². The van der Waals surface area contributed by atoms with E-state index in [1.165, 1.54) is 47.4 Å². The predicted molar refractivity (Wildman–Crippen MR) is 309 cm³/mol. The number of aliphatic carboxylic acids is 6. The van der Waals surface area contributed by atoms with Crippen molar-refractivity contribution >= 4 is 81.5 Å². The van der Waals surface area contributed by atoms with Gasteiger partial charge in [0.2, 0.25) is 0 Å². The van der Waals surface area contributed by atoms with Gasteiger partial charge in [0.15, 0.2) is 31.5 Å². The number of anilines is 1. The van der Waals surface area contributed by atoms with Gasteiger partial charge in [0.05, 0.1) is 54.7 Å². The van der Waals surface area contributed by atoms with E-state index in [9.17, 15) is 77.4 Å². The molecule has 0 aliphatic carbocycles. The molecule has 3 aromatic carbocycles. The Labute approximate surface area is 502 Å². The Balaban J connectivity index is 1.64. The van der Waals surface area contributed by atoms with Gasteiger partial charge in [-0.15, -0.1) is 0 Å². The molecule has 2 heterocycles. The number of nitrogens with one attached hydrogen (secondary N) is 2. The number of carboxylic acids is 6. The Morgan fingerprint density at radius 1 is 0.517 bits per heavy atom. The maximum absolute atomic E-state index is 11.9. The minimum absolute atomic E-state index is 0.00615. The van der Waals surface area contributed by atoms with E-state index in [1.54, 1.807) is 42.5 Å². The van der Waals surface area contributed by atoms with Crippen LogP contribution >= 0.6 is 12.2 Å². The molecular formula is C57H57N7O21S2. The lowest BCUT2D eigenvalue weighted by Crippen LogP contribution is -2.34. The first kappa shape index (κ1) is 67.7. The van der Waals surface area contributed by atoms with Gasteiger partial charge in [-0.2, -0.15) is 8.42 Å². The summed E-state index contributed by atoms with van der Waals surface area (Å²) in [5, 5.41) is 62.2. The number of benzene rings is 3. The zero-order valence-electron chi connectivity index (χ0n) is 45.9. The fraction of sp³-hybridized carbons (Fsp3) is 0.281. The van der Waals surface area contributed by atoms with Crippen molar-refractivity contribution in [2.45, 2.75) is 32.6 Å². The highest BCUT2D eigenvalue weighted by Gasteiger charge is 2.19. The molecule has 0 saturated heterocycles. The van der Waals surface area contributed by atoms with Crippen LogP contribution in [-0.2, 0) is 81.1 Å². The first-order chi connectivity index (χ1) is 41.4. The van der Waals surface area contributed by atoms with Gasteiger partial charge in [0.1, 0.15) is 35.6 Å². The zero-order valence-corrected chi connectivity index (χ0v) is 47.6. The molecule has 0 spiro atoms. The summed E-state index contributed by atoms with van der Waals surface area (Å²) in [5.41, 5.74) is 3.65. The lowest BCUT2D eigenvalue weighted by Gasteiger charge is -2.24. The molecule has 5 aromatic rings. The maximum atomic E-state index is 11.9. The molecule has 0 radical (unpaired) electrons. The van der Waals surface area contributed by atoms with Crippen molar-refractivity contribution in [1.82, 2.24) is 30.0 Å². The fourth-order valence-corrected chi connectivity index (χ4v) is 8.44. The molecule has 458 valence electrons. The third kappa shape index (κ3) is 27.0. The standard InChI is InChI=1S/C57H57N7O21S2/c65-14-12-62(13-15-66)27-43-17-38(1-3-40-21-47(82-33-53(71)72)25-48(22-40)83-34-54(73)74)18-44(59-43)28-63(11-9-37-5-7-42(8-6-37)61-57(86)58-10-16-87(79,80)81)29-45-19-39(20-46(60-45)30-64(31-51(67)68)32-52(69)70)2-4-41-23-49(84-35-55(75)76)26-50(24-41)85-36-56(77)78/h5-8,14-15,17-26H,9-13,16,27-36H2,(H,67,68)(H,69,70)(H,71,72)(H,73,74)(H,75,76)(H,77,78)(H2,58,61,86)(H,79,80,81). The molecule has 0 aliphatic rings. The molecule has 28 nitrogen and oxygen atoms in total. The molecule has 0 aliphatic heterocycles. The highest BCUT2D eigenvalue weighted by Crippen LogP contribution is 2.25. The third-order valence-corrected chi connectivity index (χ3v) is 12.2. The number of carbonyl (C=O) groups is 8. The minimum atomic E-state index is -4.24. The molecular weight excluding hydrogens is 1180 g/mol. The molecule has 30 heteroatoms. The molecule has 2 aromatic heterocycles. The van der Waals surface area contributed by atoms with Crippen LogP contribution < -0.4 is 29.6 Å². The van der Waals surface area contributed by atoms with Gasteiger partial charge in [0, 0.05) is 79.3 Å². The molecule has 0 amide bonds. The van der Waals surface area contributed by atoms with Crippen LogP contribution in [0.2, 0.25) is 0 Å². The largest absolute Gasteiger partial charge is 0.482 e. The first-order valence-corrected chi connectivity index (χ1v) is 27.7. The van der Waals surface area contributed by atoms with Gasteiger partial charge in [-0.3, -0.25) is 38.8 Å². The van der Waals surface area contributed by atoms with Crippen LogP contribution in [0.5, 0.6) is 23.0 Å². The Hall–Kier alpha value is -10.1. The van der Waals surface area contributed by atoms with E-state index in [0.29, 0.717) is 47.3 Å². The van der Waals surface area contributed by atoms with Gasteiger partial charge < -0.3 is 69.8 Å². The smallest absolute Gasteiger partial charge is 0.341 e. The molecule has 0 atom stereocenters. The Bertz CT molecular complexity index is 3480. The van der Waals surface area contributed by atoms with Crippen molar-refractivity contribution in [2.24, 2.45) is 0 Å². The van der Waals surface area contributed by atoms with Crippen LogP contribution in [0.4, 0.5) is 5.69 Å². The van der Waals surface area contributed by atoms with Crippen molar-refractivity contribution in [3.05, 3.63) is 136 Å². The van der Waals surface area contributed by atoms with E-state index in [1.807, 2.05) is 4.90 Å². The predicted octanol–water partition coefficient (Wildman–Crippen LogP) is 1.72. The fourth-order valence-electron chi connectivity index (χ4n) is 7.86. The van der Waals surface area contributed by atoms with Crippen LogP contribution in [0.1, 0.15) is 50.6 Å². The minimum Gasteiger partial charge on any atom is -0.482 e. The number of rotatable bonds is 35. The number of aldehydes is 2. The van der Waals surface area contributed by atoms with Gasteiger partial charge >= 0.3 is 35.8 Å². The topological polar surface area (TPSA) is 409 Å². The SMILES string of the molecule is O=CCN(CC=O)Cc1cc(C#Cc2cc(OCC(=O)O)cc(OCC(=O)O)c2)cc(CN(CCc2ccc(NC(=S)NCCS(=O)(=O)O)cc2)Cc2cc(C#Cc3cc(OCC(=O)O)cc(OCC(=O)O)c3)cc(CN(CC(=O)O)CC(=O)O)n2)n1. The number of carbonyl (C=O) groups excluding carboxylic acids is 2. The van der Waals surface area contributed by atoms with E-state index in [2.05, 4.69) is 34.3 Å². The summed E-state index contributed by atoms with van der Waals surface area (Å²) >= 11 is 5.27. The van der Waals surface area contributed by atoms with Crippen LogP contribution in [-0.4, -0.2) is 193 Å². The maximum Gasteiger partial charge on any atom is 0.341 e. The summed E-state index contributed by atoms with van der Waals surface area (Å²) in [6.07, 6.45) is 1.59. The molecule has 0 unspecified atom stereocenters. The zero-order chi connectivity index (χ0) is 63.5. The number of carboxylic acid groups (broad SMARTS) is 6. The summed E-state index contributed by atoms with van der Waals surface area (Å²) in [4.78, 5) is 107. The first-order valence-electron chi connectivity index (χ1n) is 25.7. The van der Waals surface area contributed by atoms with E-state index in [-0.39, 0.29) is 103 Å². The number of nitrogens with zero attached hydrogens (tertiary/aromatic N) is 5.